The summed E-state index contributed by atoms with van der Waals surface area (Å²) < 4.78 is 2.40. The molecule has 12 rings (SSSR count). The lowest BCUT2D eigenvalue weighted by molar-refractivity contribution is 1.08. The molecule has 0 aliphatic heterocycles. The average Bonchev–Trinajstić information content (AvgIpc) is 3.73. The van der Waals surface area contributed by atoms with Crippen molar-refractivity contribution < 1.29 is 0 Å². The second-order valence-corrected chi connectivity index (χ2v) is 16.3. The third-order valence-corrected chi connectivity index (χ3v) is 12.5. The summed E-state index contributed by atoms with van der Waals surface area (Å²) in [4.78, 5) is 15.5. The molecule has 12 aromatic rings. The van der Waals surface area contributed by atoms with Gasteiger partial charge in [-0.25, -0.2) is 15.0 Å². The van der Waals surface area contributed by atoms with Crippen LogP contribution in [0, 0.1) is 0 Å². The Balaban J connectivity index is 0.922. The van der Waals surface area contributed by atoms with Crippen LogP contribution in [0.5, 0.6) is 0 Å². The Morgan fingerprint density at radius 1 is 0.231 bits per heavy atom. The van der Waals surface area contributed by atoms with E-state index >= 15 is 0 Å². The number of nitrogens with zero attached hydrogens (tertiary/aromatic N) is 4. The highest BCUT2D eigenvalue weighted by molar-refractivity contribution is 6.10. The van der Waals surface area contributed by atoms with Gasteiger partial charge in [0.25, 0.3) is 0 Å². The Morgan fingerprint density at radius 2 is 0.677 bits per heavy atom. The molecule has 2 aromatic heterocycles. The summed E-state index contributed by atoms with van der Waals surface area (Å²) in [6, 6.07) is 85.9. The summed E-state index contributed by atoms with van der Waals surface area (Å²) >= 11 is 0. The molecule has 10 aromatic carbocycles. The minimum atomic E-state index is 0.632. The van der Waals surface area contributed by atoms with Gasteiger partial charge in [-0.05, 0) is 80.0 Å². The lowest BCUT2D eigenvalue weighted by atomic mass is 9.92. The molecule has 0 fully saturated rings. The van der Waals surface area contributed by atoms with Crippen LogP contribution in [0.4, 0.5) is 0 Å². The van der Waals surface area contributed by atoms with Crippen LogP contribution in [0.1, 0.15) is 0 Å². The van der Waals surface area contributed by atoms with E-state index in [2.05, 4.69) is 217 Å². The molecular weight excluding hydrogens is 789 g/mol. The number of aromatic nitrogens is 4. The van der Waals surface area contributed by atoms with E-state index in [1.54, 1.807) is 0 Å². The fourth-order valence-electron chi connectivity index (χ4n) is 9.43. The quantitative estimate of drug-likeness (QED) is 0.153. The average molecular weight is 829 g/mol. The molecule has 0 saturated heterocycles. The van der Waals surface area contributed by atoms with Crippen molar-refractivity contribution in [1.29, 1.82) is 0 Å². The maximum atomic E-state index is 5.24. The van der Waals surface area contributed by atoms with Gasteiger partial charge in [-0.3, -0.25) is 0 Å². The van der Waals surface area contributed by atoms with Gasteiger partial charge >= 0.3 is 0 Å². The summed E-state index contributed by atoms with van der Waals surface area (Å²) in [5.74, 6) is 1.90. The third kappa shape index (κ3) is 6.85. The zero-order valence-electron chi connectivity index (χ0n) is 35.4. The summed E-state index contributed by atoms with van der Waals surface area (Å²) in [6.07, 6.45) is 0. The van der Waals surface area contributed by atoms with Crippen molar-refractivity contribution in [3.05, 3.63) is 243 Å². The lowest BCUT2D eigenvalue weighted by Crippen LogP contribution is -2.01. The predicted octanol–water partition coefficient (Wildman–Crippen LogP) is 15.8. The van der Waals surface area contributed by atoms with Crippen molar-refractivity contribution in [3.63, 3.8) is 0 Å². The van der Waals surface area contributed by atoms with Crippen molar-refractivity contribution in [1.82, 2.24) is 19.5 Å². The van der Waals surface area contributed by atoms with Gasteiger partial charge in [-0.15, -0.1) is 0 Å². The number of hydrogen-bond donors (Lipinski definition) is 0. The van der Waals surface area contributed by atoms with E-state index < -0.39 is 0 Å². The van der Waals surface area contributed by atoms with Crippen LogP contribution in [-0.4, -0.2) is 19.5 Å². The number of hydrogen-bond acceptors (Lipinski definition) is 3. The van der Waals surface area contributed by atoms with Gasteiger partial charge in [0.05, 0.1) is 16.7 Å². The van der Waals surface area contributed by atoms with Crippen molar-refractivity contribution in [2.24, 2.45) is 0 Å². The largest absolute Gasteiger partial charge is 0.309 e. The molecule has 2 heterocycles. The zero-order valence-corrected chi connectivity index (χ0v) is 35.4. The van der Waals surface area contributed by atoms with Crippen LogP contribution in [0.2, 0.25) is 0 Å². The van der Waals surface area contributed by atoms with E-state index in [0.29, 0.717) is 17.5 Å². The maximum absolute atomic E-state index is 5.24. The monoisotopic (exact) mass is 828 g/mol. The standard InChI is InChI=1S/C61H40N4/c1-3-18-42(19-4-1)47-24-7-10-30-54(47)60-62-59(44-20-5-2-6-21-44)63-61(64-60)55-39-38-48(50-26-8-9-27-51(50)55)46-23-17-22-45(40-46)41-34-36-43(37-35-41)49-25-11-14-31-56(49)65-57-32-15-12-28-52(57)53-29-13-16-33-58(53)65/h1-40H. The van der Waals surface area contributed by atoms with Gasteiger partial charge in [0.1, 0.15) is 0 Å². The highest BCUT2D eigenvalue weighted by Gasteiger charge is 2.19. The third-order valence-electron chi connectivity index (χ3n) is 12.5. The van der Waals surface area contributed by atoms with E-state index in [9.17, 15) is 0 Å². The maximum Gasteiger partial charge on any atom is 0.164 e. The summed E-state index contributed by atoms with van der Waals surface area (Å²) in [6.45, 7) is 0. The van der Waals surface area contributed by atoms with E-state index in [0.717, 1.165) is 66.5 Å². The van der Waals surface area contributed by atoms with Crippen LogP contribution in [0.3, 0.4) is 0 Å². The minimum absolute atomic E-state index is 0.632. The molecule has 4 nitrogen and oxygen atoms in total. The van der Waals surface area contributed by atoms with Crippen LogP contribution >= 0.6 is 0 Å². The van der Waals surface area contributed by atoms with Crippen LogP contribution in [-0.2, 0) is 0 Å². The first kappa shape index (κ1) is 38.0. The molecule has 0 saturated carbocycles. The van der Waals surface area contributed by atoms with Crippen LogP contribution < -0.4 is 0 Å². The fraction of sp³-hybridized carbons (Fsp3) is 0. The number of benzene rings is 10. The molecule has 0 bridgehead atoms. The Bertz CT molecular complexity index is 3650. The first-order valence-corrected chi connectivity index (χ1v) is 22.0. The van der Waals surface area contributed by atoms with Gasteiger partial charge < -0.3 is 4.57 Å². The van der Waals surface area contributed by atoms with E-state index in [4.69, 9.17) is 15.0 Å². The second kappa shape index (κ2) is 16.2. The first-order valence-electron chi connectivity index (χ1n) is 22.0. The minimum Gasteiger partial charge on any atom is -0.309 e. The Kier molecular flexibility index (Phi) is 9.46. The Hall–Kier alpha value is -8.73. The van der Waals surface area contributed by atoms with Gasteiger partial charge in [-0.1, -0.05) is 212 Å². The Morgan fingerprint density at radius 3 is 1.37 bits per heavy atom. The van der Waals surface area contributed by atoms with Crippen molar-refractivity contribution >= 4 is 32.6 Å². The summed E-state index contributed by atoms with van der Waals surface area (Å²) in [5, 5.41) is 4.72. The fourth-order valence-corrected chi connectivity index (χ4v) is 9.43. The predicted molar refractivity (Wildman–Crippen MR) is 270 cm³/mol. The lowest BCUT2D eigenvalue weighted by Gasteiger charge is -2.15. The molecule has 0 spiro atoms. The highest BCUT2D eigenvalue weighted by atomic mass is 15.0. The molecule has 4 heteroatoms. The van der Waals surface area contributed by atoms with Gasteiger partial charge in [0, 0.05) is 33.0 Å². The Labute approximate surface area is 377 Å². The topological polar surface area (TPSA) is 43.6 Å². The highest BCUT2D eigenvalue weighted by Crippen LogP contribution is 2.40. The molecule has 0 atom stereocenters. The van der Waals surface area contributed by atoms with Crippen LogP contribution in [0.15, 0.2) is 243 Å². The molecule has 0 aliphatic rings. The number of fused-ring (bicyclic) bond motifs is 4. The molecule has 0 radical (unpaired) electrons. The molecule has 304 valence electrons. The van der Waals surface area contributed by atoms with Gasteiger partial charge in [0.2, 0.25) is 0 Å². The van der Waals surface area contributed by atoms with Crippen LogP contribution in [0.25, 0.3) is 117 Å². The number of para-hydroxylation sites is 3. The van der Waals surface area contributed by atoms with E-state index in [1.807, 2.05) is 30.3 Å². The molecule has 65 heavy (non-hydrogen) atoms. The van der Waals surface area contributed by atoms with E-state index in [-0.39, 0.29) is 0 Å². The molecular formula is C61H40N4. The summed E-state index contributed by atoms with van der Waals surface area (Å²) in [5.41, 5.74) is 15.6. The smallest absolute Gasteiger partial charge is 0.164 e. The first-order chi connectivity index (χ1) is 32.2. The van der Waals surface area contributed by atoms with Crippen molar-refractivity contribution in [2.75, 3.05) is 0 Å². The second-order valence-electron chi connectivity index (χ2n) is 16.3. The molecule has 0 aliphatic carbocycles. The zero-order chi connectivity index (χ0) is 43.1. The van der Waals surface area contributed by atoms with Crippen molar-refractivity contribution in [2.45, 2.75) is 0 Å². The van der Waals surface area contributed by atoms with Gasteiger partial charge in [-0.2, -0.15) is 0 Å². The SMILES string of the molecule is c1ccc(-c2nc(-c3ccccc3-c3ccccc3)nc(-c3ccc(-c4cccc(-c5ccc(-c6ccccc6-n6c7ccccc7c7ccccc76)cc5)c4)c4ccccc34)n2)cc1. The molecule has 0 unspecified atom stereocenters. The molecule has 0 N–H and O–H groups in total. The normalized spacial score (nSPS) is 11.4. The van der Waals surface area contributed by atoms with E-state index in [1.165, 1.54) is 32.9 Å². The summed E-state index contributed by atoms with van der Waals surface area (Å²) in [7, 11) is 0. The van der Waals surface area contributed by atoms with Gasteiger partial charge in [0.15, 0.2) is 17.5 Å². The van der Waals surface area contributed by atoms with Crippen molar-refractivity contribution in [3.8, 4) is 84.4 Å². The number of rotatable bonds is 8. The molecule has 0 amide bonds.